The quantitative estimate of drug-likeness (QED) is 0.307. The number of rotatable bonds is 2. The lowest BCUT2D eigenvalue weighted by molar-refractivity contribution is 0.114. The van der Waals surface area contributed by atoms with E-state index in [4.69, 9.17) is 5.90 Å². The van der Waals surface area contributed by atoms with Crippen molar-refractivity contribution in [1.29, 1.82) is 0 Å². The van der Waals surface area contributed by atoms with Crippen LogP contribution in [0.15, 0.2) is 0 Å². The van der Waals surface area contributed by atoms with Gasteiger partial charge in [0.25, 0.3) is 0 Å². The van der Waals surface area contributed by atoms with Crippen molar-refractivity contribution in [2.45, 2.75) is 18.8 Å². The van der Waals surface area contributed by atoms with Crippen molar-refractivity contribution in [3.8, 4) is 0 Å². The van der Waals surface area contributed by atoms with E-state index in [1.807, 2.05) is 6.92 Å². The molecule has 0 heterocycles. The van der Waals surface area contributed by atoms with Crippen molar-refractivity contribution in [3.05, 3.63) is 0 Å². The molecule has 0 amide bonds. The number of thiol groups is 1. The summed E-state index contributed by atoms with van der Waals surface area (Å²) in [7, 11) is 0. The van der Waals surface area contributed by atoms with Crippen LogP contribution in [0.3, 0.4) is 0 Å². The van der Waals surface area contributed by atoms with Gasteiger partial charge in [0.1, 0.15) is 5.44 Å². The van der Waals surface area contributed by atoms with Crippen molar-refractivity contribution in [2.24, 2.45) is 5.90 Å². The first kappa shape index (κ1) is 6.27. The molecule has 2 N–H and O–H groups in total. The maximum absolute atomic E-state index is 4.71. The van der Waals surface area contributed by atoms with Gasteiger partial charge in [0.15, 0.2) is 0 Å². The van der Waals surface area contributed by atoms with Crippen LogP contribution in [0, 0.1) is 0 Å². The van der Waals surface area contributed by atoms with E-state index in [2.05, 4.69) is 17.5 Å². The molecule has 0 rings (SSSR count). The van der Waals surface area contributed by atoms with Crippen LogP contribution in [0.2, 0.25) is 0 Å². The third-order valence-corrected chi connectivity index (χ3v) is 0.993. The molecule has 0 spiro atoms. The summed E-state index contributed by atoms with van der Waals surface area (Å²) < 4.78 is 0. The van der Waals surface area contributed by atoms with Gasteiger partial charge in [-0.25, -0.2) is 5.90 Å². The van der Waals surface area contributed by atoms with Crippen LogP contribution in [0.25, 0.3) is 0 Å². The molecular weight excluding hydrogens is 98.1 g/mol. The first-order valence-electron chi connectivity index (χ1n) is 1.84. The van der Waals surface area contributed by atoms with Crippen LogP contribution in [-0.2, 0) is 4.84 Å². The van der Waals surface area contributed by atoms with Crippen molar-refractivity contribution >= 4 is 12.6 Å². The van der Waals surface area contributed by atoms with E-state index in [1.54, 1.807) is 0 Å². The third kappa shape index (κ3) is 2.50. The molecule has 38 valence electrons. The van der Waals surface area contributed by atoms with E-state index in [0.717, 1.165) is 6.42 Å². The molecule has 0 fully saturated rings. The lowest BCUT2D eigenvalue weighted by Crippen LogP contribution is -2.08. The predicted molar refractivity (Wildman–Crippen MR) is 28.3 cm³/mol. The first-order chi connectivity index (χ1) is 2.81. The second kappa shape index (κ2) is 3.46. The van der Waals surface area contributed by atoms with Gasteiger partial charge in [-0.1, -0.05) is 6.92 Å². The fourth-order valence-corrected chi connectivity index (χ4v) is 0.0962. The van der Waals surface area contributed by atoms with Gasteiger partial charge in [0.2, 0.25) is 0 Å². The summed E-state index contributed by atoms with van der Waals surface area (Å²) >= 11 is 3.88. The topological polar surface area (TPSA) is 35.2 Å². The minimum Gasteiger partial charge on any atom is -0.291 e. The molecule has 0 aliphatic heterocycles. The fraction of sp³-hybridized carbons (Fsp3) is 1.00. The first-order valence-corrected chi connectivity index (χ1v) is 2.36. The van der Waals surface area contributed by atoms with Crippen molar-refractivity contribution in [1.82, 2.24) is 0 Å². The molecule has 0 saturated carbocycles. The van der Waals surface area contributed by atoms with Crippen molar-refractivity contribution in [2.75, 3.05) is 0 Å². The molecule has 0 radical (unpaired) electrons. The summed E-state index contributed by atoms with van der Waals surface area (Å²) in [6.07, 6.45) is 0.847. The number of hydrogen-bond acceptors (Lipinski definition) is 3. The second-order valence-corrected chi connectivity index (χ2v) is 1.57. The average Bonchev–Trinajstić information content (AvgIpc) is 1.65. The van der Waals surface area contributed by atoms with E-state index in [0.29, 0.717) is 0 Å². The van der Waals surface area contributed by atoms with Crippen LogP contribution in [0.5, 0.6) is 0 Å². The highest BCUT2D eigenvalue weighted by atomic mass is 32.1. The molecule has 1 unspecified atom stereocenters. The van der Waals surface area contributed by atoms with Crippen molar-refractivity contribution in [3.63, 3.8) is 0 Å². The second-order valence-electron chi connectivity index (χ2n) is 0.999. The molecule has 1 atom stereocenters. The van der Waals surface area contributed by atoms with Gasteiger partial charge in [-0.2, -0.15) is 0 Å². The molecule has 0 aliphatic rings. The van der Waals surface area contributed by atoms with Gasteiger partial charge < -0.3 is 0 Å². The molecule has 6 heavy (non-hydrogen) atoms. The lowest BCUT2D eigenvalue weighted by Gasteiger charge is -1.99. The normalized spacial score (nSPS) is 14.5. The lowest BCUT2D eigenvalue weighted by atomic mass is 10.5. The SMILES string of the molecule is CCC(S)ON. The van der Waals surface area contributed by atoms with E-state index in [1.165, 1.54) is 0 Å². The minimum absolute atomic E-state index is 0.0926. The Morgan fingerprint density at radius 3 is 2.50 bits per heavy atom. The zero-order valence-electron chi connectivity index (χ0n) is 3.72. The van der Waals surface area contributed by atoms with Crippen LogP contribution in [0.4, 0.5) is 0 Å². The predicted octanol–water partition coefficient (Wildman–Crippen LogP) is 0.543. The molecule has 0 aromatic carbocycles. The summed E-state index contributed by atoms with van der Waals surface area (Å²) in [4.78, 5) is 4.26. The third-order valence-electron chi connectivity index (χ3n) is 0.506. The highest BCUT2D eigenvalue weighted by Crippen LogP contribution is 1.95. The van der Waals surface area contributed by atoms with Gasteiger partial charge in [0.05, 0.1) is 0 Å². The Balaban J connectivity index is 2.75. The van der Waals surface area contributed by atoms with Gasteiger partial charge in [-0.3, -0.25) is 4.84 Å². The summed E-state index contributed by atoms with van der Waals surface area (Å²) in [5, 5.41) is 0. The Bertz CT molecular complexity index is 30.0. The average molecular weight is 107 g/mol. The van der Waals surface area contributed by atoms with Gasteiger partial charge >= 0.3 is 0 Å². The number of nitrogens with two attached hydrogens (primary N) is 1. The van der Waals surface area contributed by atoms with Crippen LogP contribution in [0.1, 0.15) is 13.3 Å². The molecule has 3 heteroatoms. The Morgan fingerprint density at radius 2 is 2.50 bits per heavy atom. The minimum atomic E-state index is -0.0926. The summed E-state index contributed by atoms with van der Waals surface area (Å²) in [5.74, 6) is 4.71. The highest BCUT2D eigenvalue weighted by Gasteiger charge is 1.90. The Hall–Kier alpha value is 0.270. The molecular formula is C3H9NOS. The monoisotopic (exact) mass is 107 g/mol. The molecule has 0 aliphatic carbocycles. The van der Waals surface area contributed by atoms with Crippen molar-refractivity contribution < 1.29 is 4.84 Å². The maximum Gasteiger partial charge on any atom is 0.121 e. The Labute approximate surface area is 43.0 Å². The molecule has 0 saturated heterocycles. The molecule has 0 bridgehead atoms. The Morgan fingerprint density at radius 1 is 2.00 bits per heavy atom. The van der Waals surface area contributed by atoms with Gasteiger partial charge in [-0.05, 0) is 6.42 Å². The van der Waals surface area contributed by atoms with E-state index in [9.17, 15) is 0 Å². The standard InChI is InChI=1S/C3H9NOS/c1-2-3(6)5-4/h3,6H,2,4H2,1H3. The smallest absolute Gasteiger partial charge is 0.121 e. The molecule has 0 aromatic heterocycles. The van der Waals surface area contributed by atoms with Crippen LogP contribution in [-0.4, -0.2) is 5.44 Å². The summed E-state index contributed by atoms with van der Waals surface area (Å²) in [6.45, 7) is 1.95. The van der Waals surface area contributed by atoms with E-state index >= 15 is 0 Å². The maximum atomic E-state index is 4.71. The molecule has 2 nitrogen and oxygen atoms in total. The Kier molecular flexibility index (Phi) is 3.62. The zero-order chi connectivity index (χ0) is 4.99. The fourth-order valence-electron chi connectivity index (χ4n) is 0.0962. The van der Waals surface area contributed by atoms with Crippen LogP contribution >= 0.6 is 12.6 Å². The van der Waals surface area contributed by atoms with E-state index in [-0.39, 0.29) is 5.44 Å². The van der Waals surface area contributed by atoms with E-state index < -0.39 is 0 Å². The molecule has 0 aromatic rings. The number of hydrogen-bond donors (Lipinski definition) is 2. The zero-order valence-corrected chi connectivity index (χ0v) is 4.61. The van der Waals surface area contributed by atoms with Gasteiger partial charge in [-0.15, -0.1) is 12.6 Å². The van der Waals surface area contributed by atoms with Gasteiger partial charge in [0, 0.05) is 0 Å². The summed E-state index contributed by atoms with van der Waals surface area (Å²) in [5.41, 5.74) is -0.0926. The largest absolute Gasteiger partial charge is 0.291 e. The summed E-state index contributed by atoms with van der Waals surface area (Å²) in [6, 6.07) is 0. The highest BCUT2D eigenvalue weighted by molar-refractivity contribution is 7.80. The van der Waals surface area contributed by atoms with Crippen LogP contribution < -0.4 is 5.90 Å².